The summed E-state index contributed by atoms with van der Waals surface area (Å²) in [5.41, 5.74) is 6.52. The van der Waals surface area contributed by atoms with E-state index >= 15 is 0 Å². The highest BCUT2D eigenvalue weighted by molar-refractivity contribution is 6.29. The van der Waals surface area contributed by atoms with Crippen LogP contribution in [0.3, 0.4) is 0 Å². The minimum Gasteiger partial charge on any atom is -0.396 e. The number of pyridine rings is 1. The zero-order valence-electron chi connectivity index (χ0n) is 8.61. The SMILES string of the molecule is COC1CCN(c2nc(Cl)ccc2N)C1. The number of nitrogens with zero attached hydrogens (tertiary/aromatic N) is 2. The van der Waals surface area contributed by atoms with Crippen molar-refractivity contribution in [3.8, 4) is 0 Å². The standard InChI is InChI=1S/C10H14ClN3O/c1-15-7-4-5-14(6-7)10-8(12)2-3-9(11)13-10/h2-3,7H,4-6,12H2,1H3. The molecule has 1 aliphatic heterocycles. The minimum absolute atomic E-state index is 0.269. The van der Waals surface area contributed by atoms with Gasteiger partial charge in [-0.2, -0.15) is 0 Å². The fraction of sp³-hybridized carbons (Fsp3) is 0.500. The zero-order chi connectivity index (χ0) is 10.8. The lowest BCUT2D eigenvalue weighted by Gasteiger charge is -2.18. The number of anilines is 2. The first kappa shape index (κ1) is 10.5. The van der Waals surface area contributed by atoms with Gasteiger partial charge in [-0.1, -0.05) is 11.6 Å². The average Bonchev–Trinajstić information content (AvgIpc) is 2.70. The molecule has 0 aliphatic carbocycles. The quantitative estimate of drug-likeness (QED) is 0.779. The molecule has 4 nitrogen and oxygen atoms in total. The van der Waals surface area contributed by atoms with E-state index in [1.807, 2.05) is 0 Å². The molecule has 0 radical (unpaired) electrons. The number of rotatable bonds is 2. The van der Waals surface area contributed by atoms with Gasteiger partial charge in [0.05, 0.1) is 11.8 Å². The number of methoxy groups -OCH3 is 1. The molecular formula is C10H14ClN3O. The van der Waals surface area contributed by atoms with Gasteiger partial charge in [0.15, 0.2) is 5.82 Å². The van der Waals surface area contributed by atoms with E-state index < -0.39 is 0 Å². The molecule has 1 aliphatic rings. The van der Waals surface area contributed by atoms with E-state index in [1.54, 1.807) is 19.2 Å². The lowest BCUT2D eigenvalue weighted by atomic mass is 10.3. The van der Waals surface area contributed by atoms with Gasteiger partial charge in [-0.15, -0.1) is 0 Å². The summed E-state index contributed by atoms with van der Waals surface area (Å²) >= 11 is 5.84. The predicted molar refractivity (Wildman–Crippen MR) is 61.3 cm³/mol. The first-order valence-electron chi connectivity index (χ1n) is 4.90. The summed E-state index contributed by atoms with van der Waals surface area (Å²) in [5.74, 6) is 0.766. The van der Waals surface area contributed by atoms with Crippen molar-refractivity contribution in [1.29, 1.82) is 0 Å². The van der Waals surface area contributed by atoms with Crippen molar-refractivity contribution in [2.75, 3.05) is 30.8 Å². The van der Waals surface area contributed by atoms with Crippen LogP contribution in [0.5, 0.6) is 0 Å². The highest BCUT2D eigenvalue weighted by atomic mass is 35.5. The van der Waals surface area contributed by atoms with Crippen molar-refractivity contribution in [1.82, 2.24) is 4.98 Å². The molecule has 5 heteroatoms. The summed E-state index contributed by atoms with van der Waals surface area (Å²) in [4.78, 5) is 6.34. The summed E-state index contributed by atoms with van der Waals surface area (Å²) in [6.07, 6.45) is 1.27. The van der Waals surface area contributed by atoms with Gasteiger partial charge in [0.1, 0.15) is 5.15 Å². The van der Waals surface area contributed by atoms with Crippen molar-refractivity contribution >= 4 is 23.1 Å². The third kappa shape index (κ3) is 2.16. The van der Waals surface area contributed by atoms with E-state index in [9.17, 15) is 0 Å². The van der Waals surface area contributed by atoms with Crippen LogP contribution in [0, 0.1) is 0 Å². The largest absolute Gasteiger partial charge is 0.396 e. The topological polar surface area (TPSA) is 51.4 Å². The average molecular weight is 228 g/mol. The van der Waals surface area contributed by atoms with E-state index in [0.717, 1.165) is 25.3 Å². The Labute approximate surface area is 94.0 Å². The van der Waals surface area contributed by atoms with Gasteiger partial charge in [-0.05, 0) is 18.6 Å². The van der Waals surface area contributed by atoms with Gasteiger partial charge in [0, 0.05) is 20.2 Å². The van der Waals surface area contributed by atoms with Gasteiger partial charge < -0.3 is 15.4 Å². The lowest BCUT2D eigenvalue weighted by molar-refractivity contribution is 0.121. The molecule has 15 heavy (non-hydrogen) atoms. The monoisotopic (exact) mass is 227 g/mol. The highest BCUT2D eigenvalue weighted by Crippen LogP contribution is 2.26. The van der Waals surface area contributed by atoms with Crippen LogP contribution < -0.4 is 10.6 Å². The lowest BCUT2D eigenvalue weighted by Crippen LogP contribution is -2.24. The third-order valence-corrected chi connectivity index (χ3v) is 2.86. The number of halogens is 1. The summed E-state index contributed by atoms with van der Waals surface area (Å²) in [6, 6.07) is 3.48. The van der Waals surface area contributed by atoms with Crippen molar-refractivity contribution in [2.24, 2.45) is 0 Å². The molecule has 82 valence electrons. The smallest absolute Gasteiger partial charge is 0.153 e. The second-order valence-corrected chi connectivity index (χ2v) is 4.03. The molecule has 2 rings (SSSR count). The molecule has 0 saturated carbocycles. The Morgan fingerprint density at radius 3 is 3.07 bits per heavy atom. The van der Waals surface area contributed by atoms with Crippen LogP contribution in [0.4, 0.5) is 11.5 Å². The van der Waals surface area contributed by atoms with E-state index in [0.29, 0.717) is 10.8 Å². The molecule has 0 bridgehead atoms. The van der Waals surface area contributed by atoms with Crippen molar-refractivity contribution < 1.29 is 4.74 Å². The maximum atomic E-state index is 5.85. The molecule has 1 atom stereocenters. The fourth-order valence-electron chi connectivity index (χ4n) is 1.80. The predicted octanol–water partition coefficient (Wildman–Crippen LogP) is 1.54. The zero-order valence-corrected chi connectivity index (χ0v) is 9.37. The number of nitrogen functional groups attached to an aromatic ring is 1. The van der Waals surface area contributed by atoms with Crippen LogP contribution in [0.25, 0.3) is 0 Å². The summed E-state index contributed by atoms with van der Waals surface area (Å²) < 4.78 is 5.29. The summed E-state index contributed by atoms with van der Waals surface area (Å²) in [6.45, 7) is 1.74. The number of aromatic nitrogens is 1. The Bertz CT molecular complexity index is 359. The van der Waals surface area contributed by atoms with Crippen LogP contribution in [-0.4, -0.2) is 31.3 Å². The Hall–Kier alpha value is -1.00. The first-order valence-corrected chi connectivity index (χ1v) is 5.28. The molecule has 0 amide bonds. The molecule has 1 unspecified atom stereocenters. The number of nitrogens with two attached hydrogens (primary N) is 1. The van der Waals surface area contributed by atoms with Crippen LogP contribution in [0.2, 0.25) is 5.15 Å². The molecule has 1 saturated heterocycles. The van der Waals surface area contributed by atoms with E-state index in [-0.39, 0.29) is 6.10 Å². The van der Waals surface area contributed by atoms with E-state index in [1.165, 1.54) is 0 Å². The Morgan fingerprint density at radius 2 is 2.40 bits per heavy atom. The first-order chi connectivity index (χ1) is 7.20. The van der Waals surface area contributed by atoms with Crippen LogP contribution in [0.1, 0.15) is 6.42 Å². The normalized spacial score (nSPS) is 20.9. The van der Waals surface area contributed by atoms with Crippen LogP contribution >= 0.6 is 11.6 Å². The highest BCUT2D eigenvalue weighted by Gasteiger charge is 2.24. The van der Waals surface area contributed by atoms with Crippen molar-refractivity contribution in [3.63, 3.8) is 0 Å². The third-order valence-electron chi connectivity index (χ3n) is 2.65. The Morgan fingerprint density at radius 1 is 1.60 bits per heavy atom. The minimum atomic E-state index is 0.269. The van der Waals surface area contributed by atoms with Crippen molar-refractivity contribution in [2.45, 2.75) is 12.5 Å². The second-order valence-electron chi connectivity index (χ2n) is 3.64. The second kappa shape index (κ2) is 4.24. The molecule has 1 aromatic heterocycles. The number of hydrogen-bond acceptors (Lipinski definition) is 4. The van der Waals surface area contributed by atoms with E-state index in [4.69, 9.17) is 22.1 Å². The van der Waals surface area contributed by atoms with Crippen LogP contribution in [0.15, 0.2) is 12.1 Å². The van der Waals surface area contributed by atoms with Gasteiger partial charge in [-0.25, -0.2) is 4.98 Å². The fourth-order valence-corrected chi connectivity index (χ4v) is 1.95. The van der Waals surface area contributed by atoms with Gasteiger partial charge in [0.2, 0.25) is 0 Å². The molecule has 0 spiro atoms. The maximum absolute atomic E-state index is 5.85. The summed E-state index contributed by atoms with van der Waals surface area (Å²) in [5, 5.41) is 0.472. The van der Waals surface area contributed by atoms with E-state index in [2.05, 4.69) is 9.88 Å². The summed E-state index contributed by atoms with van der Waals surface area (Å²) in [7, 11) is 1.73. The van der Waals surface area contributed by atoms with Gasteiger partial charge in [0.25, 0.3) is 0 Å². The maximum Gasteiger partial charge on any atom is 0.153 e. The van der Waals surface area contributed by atoms with Gasteiger partial charge in [-0.3, -0.25) is 0 Å². The molecule has 1 aromatic rings. The Balaban J connectivity index is 2.19. The molecule has 0 aromatic carbocycles. The molecule has 2 N–H and O–H groups in total. The van der Waals surface area contributed by atoms with Crippen LogP contribution in [-0.2, 0) is 4.74 Å². The molecule has 1 fully saturated rings. The van der Waals surface area contributed by atoms with Crippen molar-refractivity contribution in [3.05, 3.63) is 17.3 Å². The number of hydrogen-bond donors (Lipinski definition) is 1. The number of ether oxygens (including phenoxy) is 1. The molecular weight excluding hydrogens is 214 g/mol. The van der Waals surface area contributed by atoms with Gasteiger partial charge >= 0.3 is 0 Å². The Kier molecular flexibility index (Phi) is 2.98. The molecule has 2 heterocycles.